The fourth-order valence-corrected chi connectivity index (χ4v) is 3.57. The summed E-state index contributed by atoms with van der Waals surface area (Å²) >= 11 is 0. The zero-order valence-electron chi connectivity index (χ0n) is 15.5. The predicted molar refractivity (Wildman–Crippen MR) is 111 cm³/mol. The third kappa shape index (κ3) is 4.12. The number of hydrogen-bond donors (Lipinski definition) is 1. The van der Waals surface area contributed by atoms with Crippen LogP contribution in [0.1, 0.15) is 28.7 Å². The van der Waals surface area contributed by atoms with Gasteiger partial charge in [-0.3, -0.25) is 0 Å². The maximum absolute atomic E-state index is 4.04. The second-order valence-corrected chi connectivity index (χ2v) is 6.90. The van der Waals surface area contributed by atoms with Crippen molar-refractivity contribution in [1.29, 1.82) is 0 Å². The highest BCUT2D eigenvalue weighted by atomic mass is 14.9. The van der Waals surface area contributed by atoms with Gasteiger partial charge in [0.2, 0.25) is 0 Å². The smallest absolute Gasteiger partial charge is 0.0361 e. The zero-order valence-corrected chi connectivity index (χ0v) is 15.5. The molecule has 0 amide bonds. The highest BCUT2D eigenvalue weighted by Gasteiger charge is 2.32. The van der Waals surface area contributed by atoms with Gasteiger partial charge in [-0.2, -0.15) is 0 Å². The van der Waals surface area contributed by atoms with Gasteiger partial charge in [-0.1, -0.05) is 96.6 Å². The molecular formula is C25H27N. The van der Waals surface area contributed by atoms with Crippen LogP contribution in [0.4, 0.5) is 0 Å². The monoisotopic (exact) mass is 341 g/mol. The van der Waals surface area contributed by atoms with Gasteiger partial charge in [0.1, 0.15) is 0 Å². The first-order valence-electron chi connectivity index (χ1n) is 9.23. The van der Waals surface area contributed by atoms with Crippen molar-refractivity contribution in [2.45, 2.75) is 25.3 Å². The maximum atomic E-state index is 4.04. The highest BCUT2D eigenvalue weighted by molar-refractivity contribution is 5.41. The topological polar surface area (TPSA) is 12.0 Å². The van der Waals surface area contributed by atoms with Crippen LogP contribution in [0, 0.1) is 6.92 Å². The van der Waals surface area contributed by atoms with Crippen LogP contribution in [0.2, 0.25) is 0 Å². The lowest BCUT2D eigenvalue weighted by molar-refractivity contribution is 0.467. The standard InChI is InChI=1S/C25H27N/c1-3-18-25(23-10-6-4-7-11-23,24-12-8-5-9-13-24)20-26-19-22-16-14-21(2)15-17-22/h3-17,26H,1,18-20H2,2H3. The first-order chi connectivity index (χ1) is 12.7. The summed E-state index contributed by atoms with van der Waals surface area (Å²) in [7, 11) is 0. The van der Waals surface area contributed by atoms with Crippen LogP contribution in [0.3, 0.4) is 0 Å². The summed E-state index contributed by atoms with van der Waals surface area (Å²) in [4.78, 5) is 0. The van der Waals surface area contributed by atoms with E-state index in [1.165, 1.54) is 22.3 Å². The molecule has 0 saturated heterocycles. The van der Waals surface area contributed by atoms with E-state index >= 15 is 0 Å². The number of rotatable bonds is 8. The molecule has 0 aliphatic heterocycles. The summed E-state index contributed by atoms with van der Waals surface area (Å²) in [6.07, 6.45) is 2.93. The molecule has 0 atom stereocenters. The van der Waals surface area contributed by atoms with Crippen LogP contribution in [0.15, 0.2) is 97.6 Å². The molecule has 3 rings (SSSR count). The van der Waals surface area contributed by atoms with Gasteiger partial charge in [0, 0.05) is 18.5 Å². The second kappa shape index (κ2) is 8.64. The van der Waals surface area contributed by atoms with Gasteiger partial charge in [-0.05, 0) is 30.0 Å². The Balaban J connectivity index is 1.89. The molecule has 0 fully saturated rings. The average molecular weight is 341 g/mol. The van der Waals surface area contributed by atoms with Crippen molar-refractivity contribution in [3.63, 3.8) is 0 Å². The number of hydrogen-bond acceptors (Lipinski definition) is 1. The molecule has 26 heavy (non-hydrogen) atoms. The van der Waals surface area contributed by atoms with E-state index in [0.29, 0.717) is 0 Å². The van der Waals surface area contributed by atoms with Crippen molar-refractivity contribution in [1.82, 2.24) is 5.32 Å². The third-order valence-corrected chi connectivity index (χ3v) is 5.02. The lowest BCUT2D eigenvalue weighted by Gasteiger charge is -2.35. The molecule has 132 valence electrons. The van der Waals surface area contributed by atoms with Gasteiger partial charge in [0.15, 0.2) is 0 Å². The van der Waals surface area contributed by atoms with Gasteiger partial charge >= 0.3 is 0 Å². The number of aryl methyl sites for hydroxylation is 1. The number of benzene rings is 3. The summed E-state index contributed by atoms with van der Waals surface area (Å²) in [6, 6.07) is 30.3. The van der Waals surface area contributed by atoms with E-state index in [9.17, 15) is 0 Å². The molecule has 3 aromatic rings. The SMILES string of the molecule is C=CCC(CNCc1ccc(C)cc1)(c1ccccc1)c1ccccc1. The van der Waals surface area contributed by atoms with E-state index in [1.807, 2.05) is 6.08 Å². The molecule has 1 N–H and O–H groups in total. The molecule has 3 aromatic carbocycles. The lowest BCUT2D eigenvalue weighted by Crippen LogP contribution is -2.39. The minimum absolute atomic E-state index is 0.116. The predicted octanol–water partition coefficient (Wildman–Crippen LogP) is 5.65. The number of nitrogens with one attached hydrogen (secondary N) is 1. The molecule has 0 radical (unpaired) electrons. The normalized spacial score (nSPS) is 11.3. The Morgan fingerprint density at radius 1 is 0.808 bits per heavy atom. The Bertz CT molecular complexity index is 764. The first-order valence-corrected chi connectivity index (χ1v) is 9.23. The summed E-state index contributed by atoms with van der Waals surface area (Å²) in [5.41, 5.74) is 5.13. The Kier molecular flexibility index (Phi) is 6.04. The van der Waals surface area contributed by atoms with Crippen molar-refractivity contribution < 1.29 is 0 Å². The number of allylic oxidation sites excluding steroid dienone is 1. The molecule has 0 bridgehead atoms. The minimum atomic E-state index is -0.116. The van der Waals surface area contributed by atoms with Crippen LogP contribution in [-0.4, -0.2) is 6.54 Å². The van der Waals surface area contributed by atoms with E-state index in [-0.39, 0.29) is 5.41 Å². The van der Waals surface area contributed by atoms with E-state index < -0.39 is 0 Å². The molecule has 0 aromatic heterocycles. The third-order valence-electron chi connectivity index (χ3n) is 5.02. The fourth-order valence-electron chi connectivity index (χ4n) is 3.57. The van der Waals surface area contributed by atoms with Crippen molar-refractivity contribution in [2.24, 2.45) is 0 Å². The summed E-state index contributed by atoms with van der Waals surface area (Å²) in [5.74, 6) is 0. The Labute approximate surface area is 157 Å². The largest absolute Gasteiger partial charge is 0.311 e. The molecule has 0 saturated carbocycles. The molecule has 0 heterocycles. The molecule has 0 aliphatic rings. The van der Waals surface area contributed by atoms with Crippen LogP contribution < -0.4 is 5.32 Å². The molecular weight excluding hydrogens is 314 g/mol. The van der Waals surface area contributed by atoms with Gasteiger partial charge in [0.25, 0.3) is 0 Å². The summed E-state index contributed by atoms with van der Waals surface area (Å²) in [6.45, 7) is 7.89. The lowest BCUT2D eigenvalue weighted by atomic mass is 9.72. The Hall–Kier alpha value is -2.64. The molecule has 0 aliphatic carbocycles. The van der Waals surface area contributed by atoms with Crippen LogP contribution in [-0.2, 0) is 12.0 Å². The Morgan fingerprint density at radius 3 is 1.85 bits per heavy atom. The Morgan fingerprint density at radius 2 is 1.35 bits per heavy atom. The van der Waals surface area contributed by atoms with Crippen molar-refractivity contribution >= 4 is 0 Å². The molecule has 1 nitrogen and oxygen atoms in total. The van der Waals surface area contributed by atoms with E-state index in [0.717, 1.165) is 19.5 Å². The summed E-state index contributed by atoms with van der Waals surface area (Å²) < 4.78 is 0. The average Bonchev–Trinajstić information content (AvgIpc) is 2.70. The summed E-state index contributed by atoms with van der Waals surface area (Å²) in [5, 5.41) is 3.70. The molecule has 0 unspecified atom stereocenters. The van der Waals surface area contributed by atoms with Crippen LogP contribution >= 0.6 is 0 Å². The quantitative estimate of drug-likeness (QED) is 0.522. The first kappa shape index (κ1) is 18.2. The maximum Gasteiger partial charge on any atom is 0.0361 e. The highest BCUT2D eigenvalue weighted by Crippen LogP contribution is 2.35. The van der Waals surface area contributed by atoms with E-state index in [1.54, 1.807) is 0 Å². The minimum Gasteiger partial charge on any atom is -0.311 e. The van der Waals surface area contributed by atoms with Gasteiger partial charge in [-0.15, -0.1) is 6.58 Å². The molecule has 0 spiro atoms. The van der Waals surface area contributed by atoms with Crippen LogP contribution in [0.5, 0.6) is 0 Å². The van der Waals surface area contributed by atoms with Crippen LogP contribution in [0.25, 0.3) is 0 Å². The van der Waals surface area contributed by atoms with E-state index in [2.05, 4.69) is 104 Å². The van der Waals surface area contributed by atoms with Gasteiger partial charge in [0.05, 0.1) is 0 Å². The zero-order chi connectivity index (χ0) is 18.2. The van der Waals surface area contributed by atoms with Crippen molar-refractivity contribution in [2.75, 3.05) is 6.54 Å². The van der Waals surface area contributed by atoms with E-state index in [4.69, 9.17) is 0 Å². The molecule has 1 heteroatoms. The second-order valence-electron chi connectivity index (χ2n) is 6.90. The van der Waals surface area contributed by atoms with Crippen molar-refractivity contribution in [3.05, 3.63) is 120 Å². The fraction of sp³-hybridized carbons (Fsp3) is 0.200. The van der Waals surface area contributed by atoms with Gasteiger partial charge < -0.3 is 5.32 Å². The van der Waals surface area contributed by atoms with Crippen molar-refractivity contribution in [3.8, 4) is 0 Å². The van der Waals surface area contributed by atoms with Gasteiger partial charge in [-0.25, -0.2) is 0 Å².